The Labute approximate surface area is 154 Å². The lowest BCUT2D eigenvalue weighted by Gasteiger charge is -2.14. The minimum Gasteiger partial charge on any atom is -0.320 e. The first-order chi connectivity index (χ1) is 11.8. The van der Waals surface area contributed by atoms with Gasteiger partial charge in [0.25, 0.3) is 5.91 Å². The van der Waals surface area contributed by atoms with Crippen molar-refractivity contribution in [1.82, 2.24) is 9.29 Å². The Bertz CT molecular complexity index is 1030. The molecular formula is C16H14ClN3O3S2. The van der Waals surface area contributed by atoms with Crippen molar-refractivity contribution in [3.05, 3.63) is 52.5 Å². The van der Waals surface area contributed by atoms with Gasteiger partial charge in [-0.3, -0.25) is 4.79 Å². The van der Waals surface area contributed by atoms with Crippen LogP contribution in [0.3, 0.4) is 0 Å². The molecule has 0 atom stereocenters. The van der Waals surface area contributed by atoms with Crippen molar-refractivity contribution in [2.24, 2.45) is 0 Å². The van der Waals surface area contributed by atoms with Gasteiger partial charge in [-0.25, -0.2) is 17.7 Å². The minimum atomic E-state index is -3.71. The molecule has 6 nitrogen and oxygen atoms in total. The summed E-state index contributed by atoms with van der Waals surface area (Å²) in [5.74, 6) is -0.406. The van der Waals surface area contributed by atoms with Gasteiger partial charge in [0.15, 0.2) is 5.01 Å². The largest absolute Gasteiger partial charge is 0.320 e. The van der Waals surface area contributed by atoms with Gasteiger partial charge in [0, 0.05) is 19.8 Å². The van der Waals surface area contributed by atoms with E-state index in [0.717, 1.165) is 14.5 Å². The zero-order valence-electron chi connectivity index (χ0n) is 13.4. The predicted molar refractivity (Wildman–Crippen MR) is 99.9 cm³/mol. The normalized spacial score (nSPS) is 11.8. The number of rotatable bonds is 4. The van der Waals surface area contributed by atoms with Crippen LogP contribution in [0.2, 0.25) is 5.02 Å². The highest BCUT2D eigenvalue weighted by molar-refractivity contribution is 7.89. The molecule has 0 bridgehead atoms. The van der Waals surface area contributed by atoms with Crippen LogP contribution in [0.5, 0.6) is 0 Å². The van der Waals surface area contributed by atoms with Crippen LogP contribution in [0, 0.1) is 0 Å². The fourth-order valence-electron chi connectivity index (χ4n) is 2.13. The Morgan fingerprint density at radius 3 is 2.60 bits per heavy atom. The summed E-state index contributed by atoms with van der Waals surface area (Å²) in [5, 5.41) is 3.05. The van der Waals surface area contributed by atoms with Gasteiger partial charge in [-0.2, -0.15) is 0 Å². The maximum absolute atomic E-state index is 12.4. The first-order valence-corrected chi connectivity index (χ1v) is 9.81. The fraction of sp³-hybridized carbons (Fsp3) is 0.125. The molecule has 0 saturated carbocycles. The van der Waals surface area contributed by atoms with Crippen molar-refractivity contribution >= 4 is 54.8 Å². The Morgan fingerprint density at radius 1 is 1.20 bits per heavy atom. The number of thiazole rings is 1. The quantitative estimate of drug-likeness (QED) is 0.733. The number of para-hydroxylation sites is 1. The Hall–Kier alpha value is -2.00. The highest BCUT2D eigenvalue weighted by Gasteiger charge is 2.22. The molecule has 130 valence electrons. The second-order valence-electron chi connectivity index (χ2n) is 5.37. The average molecular weight is 396 g/mol. The maximum Gasteiger partial charge on any atom is 0.284 e. The lowest BCUT2D eigenvalue weighted by atomic mass is 10.3. The Balaban J connectivity index is 1.91. The van der Waals surface area contributed by atoms with E-state index in [1.807, 2.05) is 24.3 Å². The number of carbonyl (C=O) groups excluding carboxylic acids is 1. The first-order valence-electron chi connectivity index (χ1n) is 7.18. The van der Waals surface area contributed by atoms with Crippen molar-refractivity contribution in [1.29, 1.82) is 0 Å². The van der Waals surface area contributed by atoms with Crippen LogP contribution >= 0.6 is 22.9 Å². The number of fused-ring (bicyclic) bond motifs is 1. The van der Waals surface area contributed by atoms with E-state index in [4.69, 9.17) is 11.6 Å². The van der Waals surface area contributed by atoms with E-state index in [-0.39, 0.29) is 9.92 Å². The summed E-state index contributed by atoms with van der Waals surface area (Å²) in [6.45, 7) is 0. The molecular weight excluding hydrogens is 382 g/mol. The Morgan fingerprint density at radius 2 is 1.92 bits per heavy atom. The van der Waals surface area contributed by atoms with Gasteiger partial charge >= 0.3 is 0 Å². The lowest BCUT2D eigenvalue weighted by Crippen LogP contribution is -2.23. The number of halogens is 1. The van der Waals surface area contributed by atoms with Gasteiger partial charge in [-0.1, -0.05) is 23.7 Å². The smallest absolute Gasteiger partial charge is 0.284 e. The molecule has 1 heterocycles. The number of hydrogen-bond donors (Lipinski definition) is 1. The molecule has 0 aliphatic heterocycles. The monoisotopic (exact) mass is 395 g/mol. The van der Waals surface area contributed by atoms with Crippen LogP contribution in [-0.4, -0.2) is 37.7 Å². The topological polar surface area (TPSA) is 79.4 Å². The van der Waals surface area contributed by atoms with Gasteiger partial charge in [-0.15, -0.1) is 11.3 Å². The van der Waals surface area contributed by atoms with Crippen LogP contribution in [0.25, 0.3) is 10.2 Å². The molecule has 3 aromatic rings. The lowest BCUT2D eigenvalue weighted by molar-refractivity contribution is 0.102. The number of amides is 1. The number of anilines is 1. The van der Waals surface area contributed by atoms with E-state index in [0.29, 0.717) is 10.7 Å². The van der Waals surface area contributed by atoms with Crippen molar-refractivity contribution in [2.75, 3.05) is 19.4 Å². The van der Waals surface area contributed by atoms with Gasteiger partial charge in [-0.05, 0) is 30.3 Å². The molecule has 2 aromatic carbocycles. The molecule has 0 unspecified atom stereocenters. The molecule has 3 rings (SSSR count). The number of sulfonamides is 1. The van der Waals surface area contributed by atoms with E-state index < -0.39 is 15.9 Å². The molecule has 1 amide bonds. The van der Waals surface area contributed by atoms with E-state index in [1.54, 1.807) is 6.07 Å². The molecule has 0 aliphatic carbocycles. The fourth-order valence-corrected chi connectivity index (χ4v) is 4.38. The van der Waals surface area contributed by atoms with E-state index in [9.17, 15) is 13.2 Å². The third-order valence-electron chi connectivity index (χ3n) is 3.44. The van der Waals surface area contributed by atoms with Crippen molar-refractivity contribution in [3.63, 3.8) is 0 Å². The van der Waals surface area contributed by atoms with Gasteiger partial charge in [0.2, 0.25) is 10.0 Å². The molecule has 1 N–H and O–H groups in total. The van der Waals surface area contributed by atoms with Crippen LogP contribution < -0.4 is 5.32 Å². The standard InChI is InChI=1S/C16H14ClN3O3S2/c1-20(2)25(22,23)14-9-10(7-8-11(14)17)18-15(21)16-19-12-5-3-4-6-13(12)24-16/h3-9H,1-2H3,(H,18,21). The zero-order valence-corrected chi connectivity index (χ0v) is 15.7. The van der Waals surface area contributed by atoms with E-state index in [2.05, 4.69) is 10.3 Å². The molecule has 0 radical (unpaired) electrons. The van der Waals surface area contributed by atoms with Crippen molar-refractivity contribution < 1.29 is 13.2 Å². The number of carbonyl (C=O) groups is 1. The van der Waals surface area contributed by atoms with Gasteiger partial charge in [0.05, 0.1) is 15.2 Å². The average Bonchev–Trinajstić information content (AvgIpc) is 3.00. The first kappa shape index (κ1) is 17.8. The third-order valence-corrected chi connectivity index (χ3v) is 6.77. The van der Waals surface area contributed by atoms with Gasteiger partial charge in [0.1, 0.15) is 4.90 Å². The van der Waals surface area contributed by atoms with Crippen molar-refractivity contribution in [3.8, 4) is 0 Å². The number of aromatic nitrogens is 1. The van der Waals surface area contributed by atoms with Crippen LogP contribution in [0.1, 0.15) is 9.80 Å². The number of benzene rings is 2. The molecule has 0 aliphatic rings. The highest BCUT2D eigenvalue weighted by Crippen LogP contribution is 2.28. The van der Waals surface area contributed by atoms with Gasteiger partial charge < -0.3 is 5.32 Å². The summed E-state index contributed by atoms with van der Waals surface area (Å²) in [7, 11) is -0.884. The summed E-state index contributed by atoms with van der Waals surface area (Å²) in [5.41, 5.74) is 1.07. The summed E-state index contributed by atoms with van der Waals surface area (Å²) in [6, 6.07) is 11.7. The zero-order chi connectivity index (χ0) is 18.2. The molecule has 25 heavy (non-hydrogen) atoms. The third kappa shape index (κ3) is 3.52. The maximum atomic E-state index is 12.4. The summed E-state index contributed by atoms with van der Waals surface area (Å²) >= 11 is 7.27. The van der Waals surface area contributed by atoms with Crippen LogP contribution in [-0.2, 0) is 10.0 Å². The number of nitrogens with zero attached hydrogens (tertiary/aromatic N) is 2. The molecule has 9 heteroatoms. The summed E-state index contributed by atoms with van der Waals surface area (Å²) in [4.78, 5) is 16.6. The second-order valence-corrected chi connectivity index (χ2v) is 8.93. The van der Waals surface area contributed by atoms with Crippen LogP contribution in [0.4, 0.5) is 5.69 Å². The SMILES string of the molecule is CN(C)S(=O)(=O)c1cc(NC(=O)c2nc3ccccc3s2)ccc1Cl. The summed E-state index contributed by atoms with van der Waals surface area (Å²) in [6.07, 6.45) is 0. The second kappa shape index (κ2) is 6.72. The molecule has 0 saturated heterocycles. The van der Waals surface area contributed by atoms with E-state index >= 15 is 0 Å². The highest BCUT2D eigenvalue weighted by atomic mass is 35.5. The predicted octanol–water partition coefficient (Wildman–Crippen LogP) is 3.45. The van der Waals surface area contributed by atoms with E-state index in [1.165, 1.54) is 37.6 Å². The van der Waals surface area contributed by atoms with Crippen LogP contribution in [0.15, 0.2) is 47.4 Å². The molecule has 0 fully saturated rings. The molecule has 1 aromatic heterocycles. The summed E-state index contributed by atoms with van der Waals surface area (Å²) < 4.78 is 26.6. The number of hydrogen-bond acceptors (Lipinski definition) is 5. The minimum absolute atomic E-state index is 0.0683. The number of nitrogens with one attached hydrogen (secondary N) is 1. The van der Waals surface area contributed by atoms with Crippen molar-refractivity contribution in [2.45, 2.75) is 4.90 Å². The molecule has 0 spiro atoms. The Kier molecular flexibility index (Phi) is 4.79.